The molecule has 0 aliphatic carbocycles. The van der Waals surface area contributed by atoms with Gasteiger partial charge in [0.15, 0.2) is 0 Å². The highest BCUT2D eigenvalue weighted by molar-refractivity contribution is 7.88. The maximum atomic E-state index is 12.4. The third-order valence-electron chi connectivity index (χ3n) is 4.72. The smallest absolute Gasteiger partial charge is 0.230 e. The molecule has 3 rings (SSSR count). The number of hydrogen-bond acceptors (Lipinski definition) is 5. The molecule has 7 nitrogen and oxygen atoms in total. The average molecular weight is 356 g/mol. The largest absolute Gasteiger partial charge is 0.469 e. The van der Waals surface area contributed by atoms with Crippen LogP contribution in [0.2, 0.25) is 0 Å². The summed E-state index contributed by atoms with van der Waals surface area (Å²) in [6.07, 6.45) is 6.38. The SMILES string of the molecule is CS(=O)(=O)NC[C@@H]1CCC[C@]2(CCN(C(=O)Cc3ccco3)C2)O1. The van der Waals surface area contributed by atoms with E-state index >= 15 is 0 Å². The Bertz CT molecular complexity index is 673. The number of carbonyl (C=O) groups excluding carboxylic acids is 1. The molecule has 1 amide bonds. The summed E-state index contributed by atoms with van der Waals surface area (Å²) < 4.78 is 36.5. The van der Waals surface area contributed by atoms with E-state index in [4.69, 9.17) is 9.15 Å². The Morgan fingerprint density at radius 1 is 1.46 bits per heavy atom. The third-order valence-corrected chi connectivity index (χ3v) is 5.41. The van der Waals surface area contributed by atoms with E-state index in [1.54, 1.807) is 18.4 Å². The molecule has 134 valence electrons. The van der Waals surface area contributed by atoms with Gasteiger partial charge < -0.3 is 14.1 Å². The number of carbonyl (C=O) groups is 1. The van der Waals surface area contributed by atoms with E-state index in [2.05, 4.69) is 4.72 Å². The van der Waals surface area contributed by atoms with E-state index in [9.17, 15) is 13.2 Å². The van der Waals surface area contributed by atoms with Crippen molar-refractivity contribution in [3.05, 3.63) is 24.2 Å². The number of rotatable bonds is 5. The summed E-state index contributed by atoms with van der Waals surface area (Å²) in [6.45, 7) is 1.54. The number of nitrogens with zero attached hydrogens (tertiary/aromatic N) is 1. The summed E-state index contributed by atoms with van der Waals surface area (Å²) in [6, 6.07) is 3.57. The van der Waals surface area contributed by atoms with Gasteiger partial charge in [0.2, 0.25) is 15.9 Å². The number of ether oxygens (including phenoxy) is 1. The summed E-state index contributed by atoms with van der Waals surface area (Å²) in [5.74, 6) is 0.711. The van der Waals surface area contributed by atoms with Gasteiger partial charge in [0.1, 0.15) is 5.76 Å². The fraction of sp³-hybridized carbons (Fsp3) is 0.688. The van der Waals surface area contributed by atoms with Crippen LogP contribution in [-0.2, 0) is 26.0 Å². The number of amides is 1. The second-order valence-corrected chi connectivity index (χ2v) is 8.59. The van der Waals surface area contributed by atoms with Crippen LogP contribution in [0.5, 0.6) is 0 Å². The molecule has 2 fully saturated rings. The van der Waals surface area contributed by atoms with Crippen LogP contribution in [-0.4, -0.2) is 56.8 Å². The maximum absolute atomic E-state index is 12.4. The van der Waals surface area contributed by atoms with E-state index in [0.29, 0.717) is 25.4 Å². The summed E-state index contributed by atoms with van der Waals surface area (Å²) in [4.78, 5) is 14.2. The molecular formula is C16H24N2O5S. The van der Waals surface area contributed by atoms with Crippen LogP contribution >= 0.6 is 0 Å². The number of hydrogen-bond donors (Lipinski definition) is 1. The van der Waals surface area contributed by atoms with Crippen molar-refractivity contribution in [2.45, 2.75) is 43.8 Å². The van der Waals surface area contributed by atoms with Crippen molar-refractivity contribution in [2.75, 3.05) is 25.9 Å². The minimum absolute atomic E-state index is 0.0433. The summed E-state index contributed by atoms with van der Waals surface area (Å²) >= 11 is 0. The van der Waals surface area contributed by atoms with Gasteiger partial charge in [0, 0.05) is 19.6 Å². The molecule has 2 aliphatic rings. The van der Waals surface area contributed by atoms with E-state index < -0.39 is 10.0 Å². The summed E-state index contributed by atoms with van der Waals surface area (Å²) in [5, 5.41) is 0. The van der Waals surface area contributed by atoms with E-state index in [1.165, 1.54) is 0 Å². The lowest BCUT2D eigenvalue weighted by Gasteiger charge is -2.38. The van der Waals surface area contributed by atoms with Crippen molar-refractivity contribution in [2.24, 2.45) is 0 Å². The lowest BCUT2D eigenvalue weighted by atomic mass is 9.90. The number of furan rings is 1. The molecule has 2 saturated heterocycles. The van der Waals surface area contributed by atoms with Crippen LogP contribution in [0.4, 0.5) is 0 Å². The lowest BCUT2D eigenvalue weighted by molar-refractivity contribution is -0.137. The van der Waals surface area contributed by atoms with Gasteiger partial charge in [-0.05, 0) is 37.8 Å². The molecule has 8 heteroatoms. The molecule has 1 spiro atoms. The Kier molecular flexibility index (Phi) is 4.98. The van der Waals surface area contributed by atoms with Crippen LogP contribution in [0.1, 0.15) is 31.4 Å². The van der Waals surface area contributed by atoms with Gasteiger partial charge in [-0.25, -0.2) is 13.1 Å². The highest BCUT2D eigenvalue weighted by atomic mass is 32.2. The van der Waals surface area contributed by atoms with Crippen LogP contribution < -0.4 is 4.72 Å². The highest BCUT2D eigenvalue weighted by Crippen LogP contribution is 2.36. The van der Waals surface area contributed by atoms with Crippen LogP contribution in [0.25, 0.3) is 0 Å². The molecule has 3 heterocycles. The highest BCUT2D eigenvalue weighted by Gasteiger charge is 2.44. The molecule has 0 saturated carbocycles. The van der Waals surface area contributed by atoms with E-state index in [0.717, 1.165) is 31.9 Å². The fourth-order valence-electron chi connectivity index (χ4n) is 3.54. The second-order valence-electron chi connectivity index (χ2n) is 6.76. The second kappa shape index (κ2) is 6.85. The Labute approximate surface area is 142 Å². The topological polar surface area (TPSA) is 88.9 Å². The van der Waals surface area contributed by atoms with Crippen LogP contribution in [0.3, 0.4) is 0 Å². The zero-order valence-corrected chi connectivity index (χ0v) is 14.7. The Hall–Kier alpha value is -1.38. The van der Waals surface area contributed by atoms with Gasteiger partial charge in [0.25, 0.3) is 0 Å². The predicted molar refractivity (Wildman–Crippen MR) is 87.9 cm³/mol. The van der Waals surface area contributed by atoms with Gasteiger partial charge in [-0.1, -0.05) is 0 Å². The zero-order chi connectivity index (χ0) is 17.2. The monoisotopic (exact) mass is 356 g/mol. The van der Waals surface area contributed by atoms with Crippen molar-refractivity contribution in [3.8, 4) is 0 Å². The van der Waals surface area contributed by atoms with Crippen LogP contribution in [0.15, 0.2) is 22.8 Å². The molecule has 0 unspecified atom stereocenters. The van der Waals surface area contributed by atoms with E-state index in [1.807, 2.05) is 4.90 Å². The quantitative estimate of drug-likeness (QED) is 0.847. The fourth-order valence-corrected chi connectivity index (χ4v) is 4.03. The predicted octanol–water partition coefficient (Wildman–Crippen LogP) is 0.912. The minimum Gasteiger partial charge on any atom is -0.469 e. The van der Waals surface area contributed by atoms with Gasteiger partial charge in [0.05, 0.1) is 30.6 Å². The molecule has 1 aromatic heterocycles. The van der Waals surface area contributed by atoms with Crippen molar-refractivity contribution >= 4 is 15.9 Å². The van der Waals surface area contributed by atoms with Gasteiger partial charge in [-0.2, -0.15) is 0 Å². The maximum Gasteiger partial charge on any atom is 0.230 e. The minimum atomic E-state index is -3.22. The Morgan fingerprint density at radius 2 is 2.29 bits per heavy atom. The van der Waals surface area contributed by atoms with Crippen molar-refractivity contribution in [1.29, 1.82) is 0 Å². The first-order chi connectivity index (χ1) is 11.4. The average Bonchev–Trinajstić information content (AvgIpc) is 3.15. The molecule has 0 radical (unpaired) electrons. The number of nitrogens with one attached hydrogen (secondary N) is 1. The Morgan fingerprint density at radius 3 is 3.00 bits per heavy atom. The van der Waals surface area contributed by atoms with Gasteiger partial charge in [-0.3, -0.25) is 4.79 Å². The molecule has 24 heavy (non-hydrogen) atoms. The normalized spacial score (nSPS) is 27.7. The van der Waals surface area contributed by atoms with Crippen molar-refractivity contribution in [3.63, 3.8) is 0 Å². The first-order valence-electron chi connectivity index (χ1n) is 8.28. The third kappa shape index (κ3) is 4.37. The van der Waals surface area contributed by atoms with Gasteiger partial charge in [-0.15, -0.1) is 0 Å². The summed E-state index contributed by atoms with van der Waals surface area (Å²) in [7, 11) is -3.22. The molecule has 1 aromatic rings. The molecule has 2 atom stereocenters. The first-order valence-corrected chi connectivity index (χ1v) is 10.2. The first kappa shape index (κ1) is 17.4. The molecule has 2 aliphatic heterocycles. The molecule has 0 bridgehead atoms. The van der Waals surface area contributed by atoms with Crippen molar-refractivity contribution < 1.29 is 22.4 Å². The lowest BCUT2D eigenvalue weighted by Crippen LogP contribution is -2.47. The standard InChI is InChI=1S/C16H24N2O5S/c1-24(20,21)17-11-14-4-2-6-16(23-14)7-8-18(12-16)15(19)10-13-5-3-9-22-13/h3,5,9,14,17H,2,4,6-8,10-12H2,1H3/t14-,16+/m0/s1. The molecular weight excluding hydrogens is 332 g/mol. The molecule has 1 N–H and O–H groups in total. The molecule has 0 aromatic carbocycles. The van der Waals surface area contributed by atoms with Crippen LogP contribution in [0, 0.1) is 0 Å². The number of likely N-dealkylation sites (tertiary alicyclic amines) is 1. The van der Waals surface area contributed by atoms with E-state index in [-0.39, 0.29) is 24.0 Å². The summed E-state index contributed by atoms with van der Waals surface area (Å²) in [5.41, 5.74) is -0.332. The Balaban J connectivity index is 1.55. The zero-order valence-electron chi connectivity index (χ0n) is 13.9. The van der Waals surface area contributed by atoms with Gasteiger partial charge >= 0.3 is 0 Å². The number of sulfonamides is 1. The van der Waals surface area contributed by atoms with Crippen molar-refractivity contribution in [1.82, 2.24) is 9.62 Å².